The number of amides is 2. The Hall–Kier alpha value is -2.56. The van der Waals surface area contributed by atoms with Crippen molar-refractivity contribution in [3.63, 3.8) is 0 Å². The third kappa shape index (κ3) is 5.03. The summed E-state index contributed by atoms with van der Waals surface area (Å²) >= 11 is 0. The number of piperidine rings is 1. The van der Waals surface area contributed by atoms with E-state index in [2.05, 4.69) is 19.2 Å². The van der Waals surface area contributed by atoms with E-state index in [-0.39, 0.29) is 30.4 Å². The molecule has 2 aromatic carbocycles. The van der Waals surface area contributed by atoms with Crippen LogP contribution >= 0.6 is 0 Å². The van der Waals surface area contributed by atoms with Crippen LogP contribution in [-0.2, 0) is 9.59 Å². The maximum Gasteiger partial charge on any atom is 0.260 e. The molecule has 1 aliphatic heterocycles. The molecule has 3 rings (SSSR count). The van der Waals surface area contributed by atoms with Crippen LogP contribution in [-0.4, -0.2) is 42.5 Å². The van der Waals surface area contributed by atoms with Crippen LogP contribution in [0.2, 0.25) is 0 Å². The van der Waals surface area contributed by atoms with Crippen molar-refractivity contribution in [1.29, 1.82) is 0 Å². The first-order valence-corrected chi connectivity index (χ1v) is 10.1. The van der Waals surface area contributed by atoms with Gasteiger partial charge in [-0.1, -0.05) is 44.2 Å². The van der Waals surface area contributed by atoms with Gasteiger partial charge >= 0.3 is 0 Å². The SMILES string of the molecule is CC(C)C(C)NC(=O)C1CCN(C(=O)COc2ccc3ccccc3c2)CC1. The van der Waals surface area contributed by atoms with Crippen molar-refractivity contribution in [2.45, 2.75) is 39.7 Å². The molecule has 150 valence electrons. The molecule has 1 unspecified atom stereocenters. The zero-order valence-corrected chi connectivity index (χ0v) is 17.0. The minimum atomic E-state index is -0.0254. The van der Waals surface area contributed by atoms with Gasteiger partial charge in [0.25, 0.3) is 5.91 Å². The second-order valence-corrected chi connectivity index (χ2v) is 7.99. The molecule has 5 nitrogen and oxygen atoms in total. The monoisotopic (exact) mass is 382 g/mol. The van der Waals surface area contributed by atoms with Crippen molar-refractivity contribution >= 4 is 22.6 Å². The number of likely N-dealkylation sites (tertiary alicyclic amines) is 1. The lowest BCUT2D eigenvalue weighted by atomic mass is 9.95. The van der Waals surface area contributed by atoms with Crippen LogP contribution in [0.1, 0.15) is 33.6 Å². The number of rotatable bonds is 6. The van der Waals surface area contributed by atoms with E-state index in [1.165, 1.54) is 0 Å². The molecule has 2 aromatic rings. The maximum atomic E-state index is 12.5. The van der Waals surface area contributed by atoms with E-state index in [0.29, 0.717) is 37.6 Å². The Balaban J connectivity index is 1.46. The predicted molar refractivity (Wildman–Crippen MR) is 111 cm³/mol. The van der Waals surface area contributed by atoms with Crippen LogP contribution in [0.5, 0.6) is 5.75 Å². The summed E-state index contributed by atoms with van der Waals surface area (Å²) < 4.78 is 5.71. The molecule has 0 spiro atoms. The van der Waals surface area contributed by atoms with Crippen LogP contribution in [0.3, 0.4) is 0 Å². The fourth-order valence-corrected chi connectivity index (χ4v) is 3.39. The van der Waals surface area contributed by atoms with Crippen LogP contribution in [0.25, 0.3) is 10.8 Å². The van der Waals surface area contributed by atoms with Gasteiger partial charge in [0.05, 0.1) is 0 Å². The Morgan fingerprint density at radius 1 is 1.07 bits per heavy atom. The van der Waals surface area contributed by atoms with Crippen molar-refractivity contribution in [3.05, 3.63) is 42.5 Å². The van der Waals surface area contributed by atoms with Gasteiger partial charge in [0.15, 0.2) is 6.61 Å². The summed E-state index contributed by atoms with van der Waals surface area (Å²) in [6.45, 7) is 7.47. The number of benzene rings is 2. The van der Waals surface area contributed by atoms with Crippen molar-refractivity contribution < 1.29 is 14.3 Å². The molecule has 0 bridgehead atoms. The maximum absolute atomic E-state index is 12.5. The molecular formula is C23H30N2O3. The summed E-state index contributed by atoms with van der Waals surface area (Å²) in [6.07, 6.45) is 1.41. The van der Waals surface area contributed by atoms with Gasteiger partial charge in [-0.15, -0.1) is 0 Å². The highest BCUT2D eigenvalue weighted by Crippen LogP contribution is 2.21. The first-order chi connectivity index (χ1) is 13.4. The molecule has 0 aliphatic carbocycles. The average Bonchev–Trinajstić information content (AvgIpc) is 2.71. The van der Waals surface area contributed by atoms with Gasteiger partial charge in [-0.2, -0.15) is 0 Å². The Morgan fingerprint density at radius 3 is 2.43 bits per heavy atom. The van der Waals surface area contributed by atoms with Crippen molar-refractivity contribution in [1.82, 2.24) is 10.2 Å². The first kappa shape index (κ1) is 20.2. The molecule has 1 saturated heterocycles. The summed E-state index contributed by atoms with van der Waals surface area (Å²) in [5.41, 5.74) is 0. The summed E-state index contributed by atoms with van der Waals surface area (Å²) in [6, 6.07) is 14.1. The molecular weight excluding hydrogens is 352 g/mol. The van der Waals surface area contributed by atoms with E-state index in [1.54, 1.807) is 4.90 Å². The van der Waals surface area contributed by atoms with Crippen molar-refractivity contribution in [2.75, 3.05) is 19.7 Å². The number of hydrogen-bond donors (Lipinski definition) is 1. The summed E-state index contributed by atoms with van der Waals surface area (Å²) in [5.74, 6) is 1.19. The van der Waals surface area contributed by atoms with Crippen LogP contribution in [0.15, 0.2) is 42.5 Å². The number of nitrogens with one attached hydrogen (secondary N) is 1. The van der Waals surface area contributed by atoms with Crippen LogP contribution < -0.4 is 10.1 Å². The Labute approximate surface area is 167 Å². The number of carbonyl (C=O) groups excluding carboxylic acids is 2. The molecule has 28 heavy (non-hydrogen) atoms. The number of ether oxygens (including phenoxy) is 1. The van der Waals surface area contributed by atoms with E-state index in [1.807, 2.05) is 49.4 Å². The van der Waals surface area contributed by atoms with Crippen molar-refractivity contribution in [2.24, 2.45) is 11.8 Å². The minimum absolute atomic E-state index is 0.00773. The normalized spacial score (nSPS) is 16.2. The Bertz CT molecular complexity index is 825. The third-order valence-electron chi connectivity index (χ3n) is 5.67. The quantitative estimate of drug-likeness (QED) is 0.830. The predicted octanol–water partition coefficient (Wildman–Crippen LogP) is 3.62. The highest BCUT2D eigenvalue weighted by Gasteiger charge is 2.28. The standard InChI is InChI=1S/C23H30N2O3/c1-16(2)17(3)24-23(27)19-10-12-25(13-11-19)22(26)15-28-21-9-8-18-6-4-5-7-20(18)14-21/h4-9,14,16-17,19H,10-13,15H2,1-3H3,(H,24,27). The molecule has 0 aromatic heterocycles. The topological polar surface area (TPSA) is 58.6 Å². The lowest BCUT2D eigenvalue weighted by molar-refractivity contribution is -0.137. The molecule has 1 atom stereocenters. The van der Waals surface area contributed by atoms with Gasteiger partial charge < -0.3 is 15.0 Å². The smallest absolute Gasteiger partial charge is 0.260 e. The van der Waals surface area contributed by atoms with Gasteiger partial charge in [0, 0.05) is 25.0 Å². The van der Waals surface area contributed by atoms with Gasteiger partial charge in [0.1, 0.15) is 5.75 Å². The van der Waals surface area contributed by atoms with Gasteiger partial charge in [0.2, 0.25) is 5.91 Å². The molecule has 5 heteroatoms. The second kappa shape index (κ2) is 9.09. The van der Waals surface area contributed by atoms with Crippen LogP contribution in [0.4, 0.5) is 0 Å². The number of nitrogens with zero attached hydrogens (tertiary/aromatic N) is 1. The van der Waals surface area contributed by atoms with Gasteiger partial charge in [-0.25, -0.2) is 0 Å². The minimum Gasteiger partial charge on any atom is -0.484 e. The highest BCUT2D eigenvalue weighted by molar-refractivity contribution is 5.84. The molecule has 1 N–H and O–H groups in total. The zero-order chi connectivity index (χ0) is 20.1. The summed E-state index contributed by atoms with van der Waals surface area (Å²) in [7, 11) is 0. The van der Waals surface area contributed by atoms with E-state index in [0.717, 1.165) is 10.8 Å². The molecule has 1 heterocycles. The van der Waals surface area contributed by atoms with Crippen molar-refractivity contribution in [3.8, 4) is 5.75 Å². The van der Waals surface area contributed by atoms with Crippen LogP contribution in [0, 0.1) is 11.8 Å². The lowest BCUT2D eigenvalue weighted by Crippen LogP contribution is -2.46. The molecule has 0 radical (unpaired) electrons. The fraction of sp³-hybridized carbons (Fsp3) is 0.478. The molecule has 1 aliphatic rings. The van der Waals surface area contributed by atoms with Gasteiger partial charge in [-0.05, 0) is 48.6 Å². The van der Waals surface area contributed by atoms with E-state index < -0.39 is 0 Å². The fourth-order valence-electron chi connectivity index (χ4n) is 3.39. The summed E-state index contributed by atoms with van der Waals surface area (Å²) in [4.78, 5) is 26.6. The molecule has 1 fully saturated rings. The van der Waals surface area contributed by atoms with E-state index in [9.17, 15) is 9.59 Å². The Kier molecular flexibility index (Phi) is 6.55. The Morgan fingerprint density at radius 2 is 1.75 bits per heavy atom. The second-order valence-electron chi connectivity index (χ2n) is 7.99. The highest BCUT2D eigenvalue weighted by atomic mass is 16.5. The summed E-state index contributed by atoms with van der Waals surface area (Å²) in [5, 5.41) is 5.33. The third-order valence-corrected chi connectivity index (χ3v) is 5.67. The number of carbonyl (C=O) groups is 2. The number of fused-ring (bicyclic) bond motifs is 1. The largest absolute Gasteiger partial charge is 0.484 e. The first-order valence-electron chi connectivity index (χ1n) is 10.1. The number of hydrogen-bond acceptors (Lipinski definition) is 3. The van der Waals surface area contributed by atoms with E-state index >= 15 is 0 Å². The average molecular weight is 383 g/mol. The van der Waals surface area contributed by atoms with E-state index in [4.69, 9.17) is 4.74 Å². The zero-order valence-electron chi connectivity index (χ0n) is 17.0. The molecule has 0 saturated carbocycles. The van der Waals surface area contributed by atoms with Gasteiger partial charge in [-0.3, -0.25) is 9.59 Å². The molecule has 2 amide bonds. The lowest BCUT2D eigenvalue weighted by Gasteiger charge is -2.32.